The first kappa shape index (κ1) is 21.5. The van der Waals surface area contributed by atoms with Gasteiger partial charge in [-0.1, -0.05) is 32.0 Å². The summed E-state index contributed by atoms with van der Waals surface area (Å²) in [5.41, 5.74) is 2.14. The van der Waals surface area contributed by atoms with Gasteiger partial charge in [-0.3, -0.25) is 9.59 Å². The Labute approximate surface area is 175 Å². The third-order valence-corrected chi connectivity index (χ3v) is 5.13. The van der Waals surface area contributed by atoms with Gasteiger partial charge in [0.1, 0.15) is 11.9 Å². The quantitative estimate of drug-likeness (QED) is 0.740. The highest BCUT2D eigenvalue weighted by atomic mass is 19.1. The van der Waals surface area contributed by atoms with E-state index in [0.717, 1.165) is 17.7 Å². The van der Waals surface area contributed by atoms with Crippen LogP contribution in [0.15, 0.2) is 48.5 Å². The van der Waals surface area contributed by atoms with Crippen molar-refractivity contribution in [1.82, 2.24) is 5.32 Å². The largest absolute Gasteiger partial charge is 0.454 e. The van der Waals surface area contributed by atoms with Gasteiger partial charge >= 0.3 is 5.97 Å². The molecule has 0 radical (unpaired) electrons. The first-order chi connectivity index (χ1) is 14.3. The number of benzene rings is 2. The molecule has 0 spiro atoms. The molecule has 2 atom stereocenters. The van der Waals surface area contributed by atoms with Crippen molar-refractivity contribution in [3.63, 3.8) is 0 Å². The molecule has 1 N–H and O–H groups in total. The predicted molar refractivity (Wildman–Crippen MR) is 111 cm³/mol. The minimum atomic E-state index is -0.932. The Kier molecular flexibility index (Phi) is 6.50. The molecule has 2 aromatic carbocycles. The van der Waals surface area contributed by atoms with Gasteiger partial charge in [0.05, 0.1) is 0 Å². The smallest absolute Gasteiger partial charge is 0.329 e. The number of carbonyl (C=O) groups excluding carboxylic acids is 3. The number of anilines is 1. The molecule has 1 aliphatic rings. The van der Waals surface area contributed by atoms with Crippen LogP contribution in [0.4, 0.5) is 10.1 Å². The molecule has 0 fully saturated rings. The highest BCUT2D eigenvalue weighted by Crippen LogP contribution is 2.31. The molecule has 0 saturated carbocycles. The van der Waals surface area contributed by atoms with Gasteiger partial charge in [-0.2, -0.15) is 0 Å². The molecule has 30 heavy (non-hydrogen) atoms. The number of hydrogen-bond acceptors (Lipinski definition) is 4. The van der Waals surface area contributed by atoms with Gasteiger partial charge in [0.25, 0.3) is 11.8 Å². The van der Waals surface area contributed by atoms with E-state index in [1.54, 1.807) is 18.7 Å². The Morgan fingerprint density at radius 2 is 1.80 bits per heavy atom. The molecule has 2 aromatic rings. The number of para-hydroxylation sites is 1. The molecule has 3 rings (SSSR count). The third kappa shape index (κ3) is 4.67. The molecule has 7 heteroatoms. The molecular formula is C23H25FN2O4. The average molecular weight is 412 g/mol. The minimum Gasteiger partial charge on any atom is -0.454 e. The summed E-state index contributed by atoms with van der Waals surface area (Å²) in [6.45, 7) is 5.06. The van der Waals surface area contributed by atoms with Crippen LogP contribution >= 0.6 is 0 Å². The summed E-state index contributed by atoms with van der Waals surface area (Å²) in [4.78, 5) is 39.3. The molecular weight excluding hydrogens is 387 g/mol. The number of carbonyl (C=O) groups is 3. The van der Waals surface area contributed by atoms with Crippen molar-refractivity contribution in [2.45, 2.75) is 39.3 Å². The maximum Gasteiger partial charge on any atom is 0.329 e. The van der Waals surface area contributed by atoms with Gasteiger partial charge in [0, 0.05) is 17.3 Å². The van der Waals surface area contributed by atoms with E-state index < -0.39 is 30.3 Å². The van der Waals surface area contributed by atoms with Crippen molar-refractivity contribution in [1.29, 1.82) is 0 Å². The third-order valence-electron chi connectivity index (χ3n) is 5.13. The summed E-state index contributed by atoms with van der Waals surface area (Å²) in [6.07, 6.45) is 0.748. The summed E-state index contributed by atoms with van der Waals surface area (Å²) < 4.78 is 18.3. The van der Waals surface area contributed by atoms with E-state index in [0.29, 0.717) is 0 Å². The van der Waals surface area contributed by atoms with E-state index in [1.165, 1.54) is 24.3 Å². The predicted octanol–water partition coefficient (Wildman–Crippen LogP) is 3.10. The normalized spacial score (nSPS) is 16.2. The fraction of sp³-hybridized carbons (Fsp3) is 0.348. The van der Waals surface area contributed by atoms with Crippen molar-refractivity contribution in [3.05, 3.63) is 65.5 Å². The number of ether oxygens (including phenoxy) is 1. The number of amides is 2. The fourth-order valence-corrected chi connectivity index (χ4v) is 3.56. The van der Waals surface area contributed by atoms with Gasteiger partial charge < -0.3 is 15.0 Å². The van der Waals surface area contributed by atoms with E-state index in [1.807, 2.05) is 31.2 Å². The summed E-state index contributed by atoms with van der Waals surface area (Å²) in [6, 6.07) is 11.7. The van der Waals surface area contributed by atoms with Crippen molar-refractivity contribution in [2.75, 3.05) is 11.5 Å². The van der Waals surface area contributed by atoms with E-state index in [-0.39, 0.29) is 23.4 Å². The van der Waals surface area contributed by atoms with Crippen molar-refractivity contribution < 1.29 is 23.5 Å². The van der Waals surface area contributed by atoms with E-state index in [2.05, 4.69) is 5.32 Å². The molecule has 0 bridgehead atoms. The van der Waals surface area contributed by atoms with Crippen LogP contribution in [-0.4, -0.2) is 36.5 Å². The lowest BCUT2D eigenvalue weighted by Crippen LogP contribution is -2.46. The Bertz CT molecular complexity index is 942. The summed E-state index contributed by atoms with van der Waals surface area (Å²) >= 11 is 0. The van der Waals surface area contributed by atoms with Crippen LogP contribution in [0.1, 0.15) is 36.7 Å². The molecule has 1 heterocycles. The lowest BCUT2D eigenvalue weighted by atomic mass is 10.0. The zero-order chi connectivity index (χ0) is 21.8. The summed E-state index contributed by atoms with van der Waals surface area (Å²) in [7, 11) is 0. The van der Waals surface area contributed by atoms with Crippen LogP contribution in [0.25, 0.3) is 0 Å². The van der Waals surface area contributed by atoms with Crippen LogP contribution in [0.5, 0.6) is 0 Å². The van der Waals surface area contributed by atoms with Gasteiger partial charge in [-0.05, 0) is 55.2 Å². The Balaban J connectivity index is 1.62. The van der Waals surface area contributed by atoms with Crippen LogP contribution in [-0.2, 0) is 20.7 Å². The molecule has 0 saturated heterocycles. The molecule has 0 aliphatic carbocycles. The van der Waals surface area contributed by atoms with Gasteiger partial charge in [0.15, 0.2) is 6.61 Å². The maximum atomic E-state index is 13.1. The van der Waals surface area contributed by atoms with Crippen molar-refractivity contribution in [2.24, 2.45) is 5.92 Å². The summed E-state index contributed by atoms with van der Waals surface area (Å²) in [5, 5.41) is 2.61. The van der Waals surface area contributed by atoms with Crippen LogP contribution in [0.3, 0.4) is 0 Å². The topological polar surface area (TPSA) is 75.7 Å². The standard InChI is InChI=1S/C23H25FN2O4/c1-14(2)21(25-22(28)16-8-10-18(24)11-9-16)23(29)30-13-20(27)26-15(3)12-17-6-4-5-7-19(17)26/h4-11,14-15,21H,12-13H2,1-3H3,(H,25,28). The number of nitrogens with one attached hydrogen (secondary N) is 1. The highest BCUT2D eigenvalue weighted by molar-refractivity contribution is 5.99. The first-order valence-electron chi connectivity index (χ1n) is 9.91. The number of halogens is 1. The molecule has 6 nitrogen and oxygen atoms in total. The lowest BCUT2D eigenvalue weighted by molar-refractivity contribution is -0.150. The second kappa shape index (κ2) is 9.07. The minimum absolute atomic E-state index is 0.0207. The Morgan fingerprint density at radius 1 is 1.13 bits per heavy atom. The van der Waals surface area contributed by atoms with Crippen LogP contribution in [0, 0.1) is 11.7 Å². The zero-order valence-electron chi connectivity index (χ0n) is 17.2. The molecule has 158 valence electrons. The number of fused-ring (bicyclic) bond motifs is 1. The molecule has 2 amide bonds. The Hall–Kier alpha value is -3.22. The highest BCUT2D eigenvalue weighted by Gasteiger charge is 2.32. The monoisotopic (exact) mass is 412 g/mol. The number of esters is 1. The van der Waals surface area contributed by atoms with Crippen molar-refractivity contribution >= 4 is 23.5 Å². The second-order valence-corrected chi connectivity index (χ2v) is 7.76. The Morgan fingerprint density at radius 3 is 2.47 bits per heavy atom. The molecule has 1 aliphatic heterocycles. The second-order valence-electron chi connectivity index (χ2n) is 7.76. The maximum absolute atomic E-state index is 13.1. The van der Waals surface area contributed by atoms with Crippen LogP contribution < -0.4 is 10.2 Å². The SMILES string of the molecule is CC(C)C(NC(=O)c1ccc(F)cc1)C(=O)OCC(=O)N1c2ccccc2CC1C. The van der Waals surface area contributed by atoms with Gasteiger partial charge in [-0.15, -0.1) is 0 Å². The number of hydrogen-bond donors (Lipinski definition) is 1. The van der Waals surface area contributed by atoms with E-state index >= 15 is 0 Å². The van der Waals surface area contributed by atoms with Crippen LogP contribution in [0.2, 0.25) is 0 Å². The fourth-order valence-electron chi connectivity index (χ4n) is 3.56. The number of rotatable bonds is 6. The lowest BCUT2D eigenvalue weighted by Gasteiger charge is -2.24. The van der Waals surface area contributed by atoms with E-state index in [9.17, 15) is 18.8 Å². The van der Waals surface area contributed by atoms with Crippen molar-refractivity contribution in [3.8, 4) is 0 Å². The molecule has 0 aromatic heterocycles. The zero-order valence-corrected chi connectivity index (χ0v) is 17.2. The van der Waals surface area contributed by atoms with Gasteiger partial charge in [0.2, 0.25) is 0 Å². The van der Waals surface area contributed by atoms with E-state index in [4.69, 9.17) is 4.74 Å². The summed E-state index contributed by atoms with van der Waals surface area (Å²) in [5.74, 6) is -2.23. The average Bonchev–Trinajstić information content (AvgIpc) is 3.05. The molecule has 2 unspecified atom stereocenters. The number of nitrogens with zero attached hydrogens (tertiary/aromatic N) is 1. The first-order valence-corrected chi connectivity index (χ1v) is 9.91. The van der Waals surface area contributed by atoms with Gasteiger partial charge in [-0.25, -0.2) is 9.18 Å².